The van der Waals surface area contributed by atoms with Gasteiger partial charge in [0, 0.05) is 31.9 Å². The molecule has 0 bridgehead atoms. The van der Waals surface area contributed by atoms with Gasteiger partial charge in [-0.05, 0) is 18.2 Å². The van der Waals surface area contributed by atoms with Gasteiger partial charge < -0.3 is 25.7 Å². The fraction of sp³-hybridized carbons (Fsp3) is 0.211. The van der Waals surface area contributed by atoms with E-state index in [2.05, 4.69) is 30.9 Å². The van der Waals surface area contributed by atoms with E-state index in [4.69, 9.17) is 4.74 Å². The SMILES string of the molecule is CNc1nccc(-c2[nH]c3c(c2Nc2cccc(F)c2OC)C(=O)NCC3)n1. The van der Waals surface area contributed by atoms with Crippen molar-refractivity contribution in [1.82, 2.24) is 20.3 Å². The number of para-hydroxylation sites is 1. The molecule has 9 heteroatoms. The molecule has 0 radical (unpaired) electrons. The number of methoxy groups -OCH3 is 1. The van der Waals surface area contributed by atoms with E-state index in [1.54, 1.807) is 31.4 Å². The van der Waals surface area contributed by atoms with Crippen LogP contribution in [0.15, 0.2) is 30.5 Å². The summed E-state index contributed by atoms with van der Waals surface area (Å²) in [6.07, 6.45) is 2.28. The van der Waals surface area contributed by atoms with E-state index in [1.165, 1.54) is 13.2 Å². The van der Waals surface area contributed by atoms with Crippen molar-refractivity contribution in [2.24, 2.45) is 0 Å². The van der Waals surface area contributed by atoms with Crippen LogP contribution in [0.3, 0.4) is 0 Å². The van der Waals surface area contributed by atoms with Crippen molar-refractivity contribution in [3.05, 3.63) is 47.5 Å². The van der Waals surface area contributed by atoms with Crippen molar-refractivity contribution >= 4 is 23.2 Å². The minimum absolute atomic E-state index is 0.0678. The van der Waals surface area contributed by atoms with Crippen molar-refractivity contribution in [3.63, 3.8) is 0 Å². The molecule has 1 aliphatic rings. The van der Waals surface area contributed by atoms with Gasteiger partial charge in [0.15, 0.2) is 11.6 Å². The van der Waals surface area contributed by atoms with Crippen LogP contribution in [0, 0.1) is 5.82 Å². The van der Waals surface area contributed by atoms with Crippen molar-refractivity contribution < 1.29 is 13.9 Å². The quantitative estimate of drug-likeness (QED) is 0.541. The number of ether oxygens (including phenoxy) is 1. The third-order valence-electron chi connectivity index (χ3n) is 4.53. The van der Waals surface area contributed by atoms with Crippen LogP contribution in [0.1, 0.15) is 16.1 Å². The molecular formula is C19H19FN6O2. The van der Waals surface area contributed by atoms with Gasteiger partial charge in [-0.15, -0.1) is 0 Å². The molecule has 4 N–H and O–H groups in total. The van der Waals surface area contributed by atoms with Gasteiger partial charge in [0.1, 0.15) is 0 Å². The molecule has 144 valence electrons. The maximum absolute atomic E-state index is 14.1. The smallest absolute Gasteiger partial charge is 0.255 e. The number of anilines is 3. The average Bonchev–Trinajstić information content (AvgIpc) is 3.08. The summed E-state index contributed by atoms with van der Waals surface area (Å²) >= 11 is 0. The Bertz CT molecular complexity index is 1050. The Morgan fingerprint density at radius 1 is 1.29 bits per heavy atom. The third kappa shape index (κ3) is 3.00. The largest absolute Gasteiger partial charge is 0.492 e. The summed E-state index contributed by atoms with van der Waals surface area (Å²) < 4.78 is 19.3. The summed E-state index contributed by atoms with van der Waals surface area (Å²) in [7, 11) is 3.12. The molecule has 0 aliphatic carbocycles. The lowest BCUT2D eigenvalue weighted by atomic mass is 10.1. The molecule has 28 heavy (non-hydrogen) atoms. The number of benzene rings is 1. The number of hydrogen-bond donors (Lipinski definition) is 4. The zero-order chi connectivity index (χ0) is 19.7. The second kappa shape index (κ2) is 7.18. The highest BCUT2D eigenvalue weighted by Crippen LogP contribution is 2.38. The second-order valence-corrected chi connectivity index (χ2v) is 6.20. The number of aromatic nitrogens is 3. The van der Waals surface area contributed by atoms with E-state index in [0.29, 0.717) is 47.2 Å². The second-order valence-electron chi connectivity index (χ2n) is 6.20. The summed E-state index contributed by atoms with van der Waals surface area (Å²) in [4.78, 5) is 24.5. The zero-order valence-corrected chi connectivity index (χ0v) is 15.4. The number of nitrogens with one attached hydrogen (secondary N) is 4. The van der Waals surface area contributed by atoms with Gasteiger partial charge in [0.25, 0.3) is 5.91 Å². The predicted molar refractivity (Wildman–Crippen MR) is 104 cm³/mol. The van der Waals surface area contributed by atoms with Gasteiger partial charge >= 0.3 is 0 Å². The average molecular weight is 382 g/mol. The number of rotatable bonds is 5. The molecule has 0 unspecified atom stereocenters. The molecule has 8 nitrogen and oxygen atoms in total. The molecule has 0 fully saturated rings. The summed E-state index contributed by atoms with van der Waals surface area (Å²) in [6.45, 7) is 0.542. The van der Waals surface area contributed by atoms with Gasteiger partial charge in [-0.25, -0.2) is 14.4 Å². The van der Waals surface area contributed by atoms with Crippen LogP contribution in [0.25, 0.3) is 11.4 Å². The number of nitrogens with zero attached hydrogens (tertiary/aromatic N) is 2. The minimum Gasteiger partial charge on any atom is -0.492 e. The number of carbonyl (C=O) groups is 1. The van der Waals surface area contributed by atoms with E-state index in [9.17, 15) is 9.18 Å². The first-order chi connectivity index (χ1) is 13.6. The van der Waals surface area contributed by atoms with E-state index < -0.39 is 5.82 Å². The molecule has 0 spiro atoms. The number of amides is 1. The molecule has 3 heterocycles. The maximum Gasteiger partial charge on any atom is 0.255 e. The number of hydrogen-bond acceptors (Lipinski definition) is 6. The Labute approximate surface area is 160 Å². The van der Waals surface area contributed by atoms with E-state index in [-0.39, 0.29) is 11.7 Å². The summed E-state index contributed by atoms with van der Waals surface area (Å²) in [5.74, 6) is -0.186. The molecule has 0 saturated heterocycles. The van der Waals surface area contributed by atoms with Gasteiger partial charge in [-0.2, -0.15) is 0 Å². The Hall–Kier alpha value is -3.62. The zero-order valence-electron chi connectivity index (χ0n) is 15.4. The minimum atomic E-state index is -0.498. The molecular weight excluding hydrogens is 363 g/mol. The highest BCUT2D eigenvalue weighted by molar-refractivity contribution is 6.06. The molecule has 1 aromatic carbocycles. The first-order valence-corrected chi connectivity index (χ1v) is 8.76. The van der Waals surface area contributed by atoms with Crippen LogP contribution in [0.4, 0.5) is 21.7 Å². The van der Waals surface area contributed by atoms with Crippen molar-refractivity contribution in [3.8, 4) is 17.1 Å². The van der Waals surface area contributed by atoms with Crippen molar-refractivity contribution in [2.75, 3.05) is 31.3 Å². The lowest BCUT2D eigenvalue weighted by Crippen LogP contribution is -2.31. The van der Waals surface area contributed by atoms with Crippen LogP contribution < -0.4 is 20.7 Å². The number of fused-ring (bicyclic) bond motifs is 1. The summed E-state index contributed by atoms with van der Waals surface area (Å²) in [6, 6.07) is 6.31. The number of halogens is 1. The van der Waals surface area contributed by atoms with E-state index in [0.717, 1.165) is 5.69 Å². The monoisotopic (exact) mass is 382 g/mol. The lowest BCUT2D eigenvalue weighted by molar-refractivity contribution is 0.0947. The predicted octanol–water partition coefficient (Wildman–Crippen LogP) is 2.69. The van der Waals surface area contributed by atoms with E-state index >= 15 is 0 Å². The molecule has 3 aromatic rings. The van der Waals surface area contributed by atoms with Gasteiger partial charge in [0.05, 0.1) is 35.4 Å². The Kier molecular flexibility index (Phi) is 4.56. The summed E-state index contributed by atoms with van der Waals surface area (Å²) in [5.41, 5.74) is 3.41. The molecule has 4 rings (SSSR count). The van der Waals surface area contributed by atoms with Crippen LogP contribution >= 0.6 is 0 Å². The van der Waals surface area contributed by atoms with Gasteiger partial charge in [-0.3, -0.25) is 4.79 Å². The molecule has 1 aliphatic heterocycles. The topological polar surface area (TPSA) is 104 Å². The molecule has 0 atom stereocenters. The molecule has 0 saturated carbocycles. The van der Waals surface area contributed by atoms with Crippen LogP contribution in [0.2, 0.25) is 0 Å². The Morgan fingerprint density at radius 3 is 2.93 bits per heavy atom. The lowest BCUT2D eigenvalue weighted by Gasteiger charge is -2.16. The first kappa shape index (κ1) is 17.8. The fourth-order valence-electron chi connectivity index (χ4n) is 3.26. The molecule has 1 amide bonds. The third-order valence-corrected chi connectivity index (χ3v) is 4.53. The number of carbonyl (C=O) groups excluding carboxylic acids is 1. The Balaban J connectivity index is 1.89. The number of aromatic amines is 1. The van der Waals surface area contributed by atoms with Crippen LogP contribution in [-0.2, 0) is 6.42 Å². The Morgan fingerprint density at radius 2 is 2.14 bits per heavy atom. The van der Waals surface area contributed by atoms with Crippen LogP contribution in [0.5, 0.6) is 5.75 Å². The fourth-order valence-corrected chi connectivity index (χ4v) is 3.26. The highest BCUT2D eigenvalue weighted by Gasteiger charge is 2.28. The maximum atomic E-state index is 14.1. The van der Waals surface area contributed by atoms with E-state index in [1.807, 2.05) is 0 Å². The van der Waals surface area contributed by atoms with Crippen LogP contribution in [-0.4, -0.2) is 41.6 Å². The van der Waals surface area contributed by atoms with Crippen molar-refractivity contribution in [2.45, 2.75) is 6.42 Å². The van der Waals surface area contributed by atoms with Gasteiger partial charge in [-0.1, -0.05) is 6.07 Å². The first-order valence-electron chi connectivity index (χ1n) is 8.76. The van der Waals surface area contributed by atoms with Gasteiger partial charge in [0.2, 0.25) is 5.95 Å². The normalized spacial score (nSPS) is 12.9. The number of H-pyrrole nitrogens is 1. The standard InChI is InChI=1S/C19H19FN6O2/c1-21-19-23-9-7-12(26-19)15-16(14-11(24-15)6-8-22-18(14)27)25-13-5-3-4-10(20)17(13)28-2/h3-5,7,9,24-25H,6,8H2,1-2H3,(H,22,27)(H,21,23,26). The molecule has 2 aromatic heterocycles. The summed E-state index contributed by atoms with van der Waals surface area (Å²) in [5, 5.41) is 8.91. The van der Waals surface area contributed by atoms with Crippen molar-refractivity contribution in [1.29, 1.82) is 0 Å². The highest BCUT2D eigenvalue weighted by atomic mass is 19.1.